The third-order valence-corrected chi connectivity index (χ3v) is 4.66. The summed E-state index contributed by atoms with van der Waals surface area (Å²) in [6.07, 6.45) is 12.8. The number of carbonyl (C=O) groups excluding carboxylic acids is 1. The highest BCUT2D eigenvalue weighted by Crippen LogP contribution is 2.41. The fraction of sp³-hybridized carbons (Fsp3) is 0.458. The van der Waals surface area contributed by atoms with Crippen LogP contribution in [0.5, 0.6) is 11.5 Å². The molecule has 3 nitrogen and oxygen atoms in total. The third-order valence-electron chi connectivity index (χ3n) is 4.66. The Balaban J connectivity index is 2.05. The van der Waals surface area contributed by atoms with Crippen molar-refractivity contribution in [2.45, 2.75) is 72.8 Å². The van der Waals surface area contributed by atoms with Crippen molar-refractivity contribution in [1.29, 1.82) is 0 Å². The Morgan fingerprint density at radius 2 is 1.89 bits per heavy atom. The number of esters is 1. The fourth-order valence-corrected chi connectivity index (χ4v) is 3.19. The maximum atomic E-state index is 11.4. The van der Waals surface area contributed by atoms with Crippen LogP contribution in [0.1, 0.15) is 71.4 Å². The first-order chi connectivity index (χ1) is 12.7. The van der Waals surface area contributed by atoms with Crippen LogP contribution in [0.4, 0.5) is 0 Å². The van der Waals surface area contributed by atoms with Gasteiger partial charge in [-0.15, -0.1) is 0 Å². The summed E-state index contributed by atoms with van der Waals surface area (Å²) in [6, 6.07) is 3.90. The molecule has 1 aliphatic rings. The van der Waals surface area contributed by atoms with E-state index in [1.165, 1.54) is 18.1 Å². The first kappa shape index (κ1) is 21.0. The van der Waals surface area contributed by atoms with E-state index in [-0.39, 0.29) is 5.97 Å². The van der Waals surface area contributed by atoms with Crippen LogP contribution in [-0.4, -0.2) is 11.6 Å². The van der Waals surface area contributed by atoms with Crippen LogP contribution in [0.3, 0.4) is 0 Å². The van der Waals surface area contributed by atoms with E-state index >= 15 is 0 Å². The number of aryl methyl sites for hydroxylation is 1. The molecule has 0 bridgehead atoms. The van der Waals surface area contributed by atoms with Crippen molar-refractivity contribution in [1.82, 2.24) is 0 Å². The molecule has 3 heteroatoms. The number of benzene rings is 1. The van der Waals surface area contributed by atoms with E-state index in [0.717, 1.165) is 36.8 Å². The van der Waals surface area contributed by atoms with Crippen LogP contribution in [0.25, 0.3) is 6.08 Å². The van der Waals surface area contributed by atoms with Gasteiger partial charge in [0.15, 0.2) is 11.5 Å². The van der Waals surface area contributed by atoms with Crippen LogP contribution >= 0.6 is 0 Å². The molecule has 0 amide bonds. The van der Waals surface area contributed by atoms with Crippen LogP contribution in [-0.2, 0) is 4.79 Å². The van der Waals surface area contributed by atoms with Crippen LogP contribution < -0.4 is 9.47 Å². The second kappa shape index (κ2) is 9.07. The number of carbonyl (C=O) groups is 1. The number of ether oxygens (including phenoxy) is 2. The number of rotatable bonds is 7. The zero-order chi connectivity index (χ0) is 20.0. The first-order valence-corrected chi connectivity index (χ1v) is 9.69. The number of allylic oxidation sites excluding steroid dienone is 4. The molecule has 27 heavy (non-hydrogen) atoms. The molecule has 0 fully saturated rings. The summed E-state index contributed by atoms with van der Waals surface area (Å²) in [5.74, 6) is 0.823. The Morgan fingerprint density at radius 1 is 1.15 bits per heavy atom. The Kier molecular flexibility index (Phi) is 7.06. The van der Waals surface area contributed by atoms with Gasteiger partial charge in [-0.3, -0.25) is 4.79 Å². The van der Waals surface area contributed by atoms with Gasteiger partial charge in [-0.25, -0.2) is 0 Å². The molecule has 1 atom stereocenters. The summed E-state index contributed by atoms with van der Waals surface area (Å²) < 4.78 is 11.7. The van der Waals surface area contributed by atoms with Crippen LogP contribution in [0.15, 0.2) is 41.5 Å². The second-order valence-corrected chi connectivity index (χ2v) is 7.93. The molecule has 1 aromatic carbocycles. The van der Waals surface area contributed by atoms with Crippen molar-refractivity contribution in [3.05, 3.63) is 52.6 Å². The molecular formula is C24H32O3. The fourth-order valence-electron chi connectivity index (χ4n) is 3.19. The monoisotopic (exact) mass is 368 g/mol. The molecule has 0 spiro atoms. The normalized spacial score (nSPS) is 18.5. The minimum absolute atomic E-state index is 0.336. The van der Waals surface area contributed by atoms with Crippen LogP contribution in [0.2, 0.25) is 0 Å². The quantitative estimate of drug-likeness (QED) is 0.311. The van der Waals surface area contributed by atoms with Crippen molar-refractivity contribution in [3.8, 4) is 11.5 Å². The van der Waals surface area contributed by atoms with E-state index in [4.69, 9.17) is 9.47 Å². The van der Waals surface area contributed by atoms with Crippen molar-refractivity contribution in [2.24, 2.45) is 0 Å². The van der Waals surface area contributed by atoms with Gasteiger partial charge < -0.3 is 9.47 Å². The molecule has 0 aromatic heterocycles. The molecule has 0 aliphatic carbocycles. The molecule has 0 saturated carbocycles. The van der Waals surface area contributed by atoms with Gasteiger partial charge in [-0.05, 0) is 84.1 Å². The highest BCUT2D eigenvalue weighted by atomic mass is 16.6. The summed E-state index contributed by atoms with van der Waals surface area (Å²) in [5, 5.41) is 0. The van der Waals surface area contributed by atoms with Gasteiger partial charge in [0.2, 0.25) is 0 Å². The van der Waals surface area contributed by atoms with E-state index in [9.17, 15) is 4.79 Å². The van der Waals surface area contributed by atoms with Crippen LogP contribution in [0, 0.1) is 6.92 Å². The largest absolute Gasteiger partial charge is 0.479 e. The van der Waals surface area contributed by atoms with Gasteiger partial charge in [0.05, 0.1) is 0 Å². The van der Waals surface area contributed by atoms with Crippen molar-refractivity contribution < 1.29 is 14.3 Å². The predicted molar refractivity (Wildman–Crippen MR) is 112 cm³/mol. The van der Waals surface area contributed by atoms with E-state index in [1.807, 2.05) is 19.1 Å². The lowest BCUT2D eigenvalue weighted by Crippen LogP contribution is -2.32. The molecule has 1 aliphatic heterocycles. The highest BCUT2D eigenvalue weighted by Gasteiger charge is 2.29. The molecule has 0 radical (unpaired) electrons. The molecule has 1 aromatic rings. The van der Waals surface area contributed by atoms with Gasteiger partial charge in [-0.1, -0.05) is 29.4 Å². The average molecular weight is 369 g/mol. The van der Waals surface area contributed by atoms with Gasteiger partial charge in [0.1, 0.15) is 5.60 Å². The maximum Gasteiger partial charge on any atom is 0.308 e. The standard InChI is InChI=1S/C24H32O3/c1-17(2)9-7-10-18(3)11-8-13-24(6)14-12-21-15-19(4)16-22(23(21)27-24)26-20(5)25/h9,11-12,14-16H,7-8,10,13H2,1-6H3/b18-11+. The predicted octanol–water partition coefficient (Wildman–Crippen LogP) is 6.56. The lowest BCUT2D eigenvalue weighted by atomic mass is 9.93. The smallest absolute Gasteiger partial charge is 0.308 e. The molecule has 0 saturated heterocycles. The summed E-state index contributed by atoms with van der Waals surface area (Å²) in [5.41, 5.74) is 4.36. The van der Waals surface area contributed by atoms with E-state index in [1.54, 1.807) is 0 Å². The maximum absolute atomic E-state index is 11.4. The molecular weight excluding hydrogens is 336 g/mol. The minimum atomic E-state index is -0.409. The summed E-state index contributed by atoms with van der Waals surface area (Å²) >= 11 is 0. The van der Waals surface area contributed by atoms with E-state index < -0.39 is 5.60 Å². The topological polar surface area (TPSA) is 35.5 Å². The lowest BCUT2D eigenvalue weighted by molar-refractivity contribution is -0.132. The zero-order valence-electron chi connectivity index (χ0n) is 17.5. The summed E-state index contributed by atoms with van der Waals surface area (Å²) in [6.45, 7) is 11.9. The number of hydrogen-bond donors (Lipinski definition) is 0. The lowest BCUT2D eigenvalue weighted by Gasteiger charge is -2.32. The highest BCUT2D eigenvalue weighted by molar-refractivity contribution is 5.73. The SMILES string of the molecule is CC(=O)Oc1cc(C)cc2c1OC(C)(CC/C=C(\C)CCC=C(C)C)C=C2. The Morgan fingerprint density at radius 3 is 2.56 bits per heavy atom. The van der Waals surface area contributed by atoms with Crippen molar-refractivity contribution in [2.75, 3.05) is 0 Å². The summed E-state index contributed by atoms with van der Waals surface area (Å²) in [4.78, 5) is 11.4. The van der Waals surface area contributed by atoms with Gasteiger partial charge in [0, 0.05) is 12.5 Å². The Hall–Kier alpha value is -2.29. The molecule has 1 unspecified atom stereocenters. The summed E-state index contributed by atoms with van der Waals surface area (Å²) in [7, 11) is 0. The van der Waals surface area contributed by atoms with Crippen molar-refractivity contribution >= 4 is 12.0 Å². The van der Waals surface area contributed by atoms with Gasteiger partial charge in [-0.2, -0.15) is 0 Å². The Labute approximate surface area is 163 Å². The number of hydrogen-bond acceptors (Lipinski definition) is 3. The second-order valence-electron chi connectivity index (χ2n) is 7.93. The van der Waals surface area contributed by atoms with E-state index in [0.29, 0.717) is 11.5 Å². The van der Waals surface area contributed by atoms with E-state index in [2.05, 4.69) is 52.0 Å². The molecule has 0 N–H and O–H groups in total. The average Bonchev–Trinajstić information content (AvgIpc) is 2.54. The molecule has 1 heterocycles. The molecule has 2 rings (SSSR count). The minimum Gasteiger partial charge on any atom is -0.479 e. The van der Waals surface area contributed by atoms with Crippen molar-refractivity contribution in [3.63, 3.8) is 0 Å². The molecule has 146 valence electrons. The Bertz CT molecular complexity index is 779. The third kappa shape index (κ3) is 6.42. The van der Waals surface area contributed by atoms with Gasteiger partial charge in [0.25, 0.3) is 0 Å². The number of fused-ring (bicyclic) bond motifs is 1. The first-order valence-electron chi connectivity index (χ1n) is 9.69. The zero-order valence-corrected chi connectivity index (χ0v) is 17.5. The van der Waals surface area contributed by atoms with Gasteiger partial charge >= 0.3 is 5.97 Å².